The summed E-state index contributed by atoms with van der Waals surface area (Å²) in [6.07, 6.45) is 2.70. The van der Waals surface area contributed by atoms with Crippen molar-refractivity contribution in [1.82, 2.24) is 4.31 Å². The van der Waals surface area contributed by atoms with Crippen molar-refractivity contribution < 1.29 is 17.9 Å². The summed E-state index contributed by atoms with van der Waals surface area (Å²) in [6, 6.07) is 3.23. The molecule has 108 valence electrons. The van der Waals surface area contributed by atoms with Crippen LogP contribution in [0.1, 0.15) is 31.1 Å². The Morgan fingerprint density at radius 3 is 2.89 bits per heavy atom. The highest BCUT2D eigenvalue weighted by atomic mass is 35.5. The summed E-state index contributed by atoms with van der Waals surface area (Å²) in [5.74, 6) is 0.573. The Kier molecular flexibility index (Phi) is 4.55. The van der Waals surface area contributed by atoms with Gasteiger partial charge in [0.05, 0.1) is 6.26 Å². The molecule has 7 heteroatoms. The van der Waals surface area contributed by atoms with E-state index in [1.807, 2.05) is 0 Å². The number of piperidine rings is 1. The van der Waals surface area contributed by atoms with Gasteiger partial charge in [0.25, 0.3) is 0 Å². The summed E-state index contributed by atoms with van der Waals surface area (Å²) in [4.78, 5) is 0. The maximum Gasteiger partial charge on any atom is 0.211 e. The topological polar surface area (TPSA) is 70.8 Å². The van der Waals surface area contributed by atoms with Crippen molar-refractivity contribution >= 4 is 21.6 Å². The summed E-state index contributed by atoms with van der Waals surface area (Å²) < 4.78 is 29.7. The molecule has 0 aromatic carbocycles. The number of aliphatic hydroxyl groups excluding tert-OH is 1. The molecule has 0 bridgehead atoms. The Hall–Kier alpha value is -0.560. The van der Waals surface area contributed by atoms with E-state index in [1.54, 1.807) is 12.1 Å². The van der Waals surface area contributed by atoms with E-state index in [0.717, 1.165) is 12.8 Å². The Morgan fingerprint density at radius 1 is 1.58 bits per heavy atom. The molecule has 1 aromatic heterocycles. The van der Waals surface area contributed by atoms with Crippen LogP contribution in [0.4, 0.5) is 0 Å². The highest BCUT2D eigenvalue weighted by molar-refractivity contribution is 7.88. The lowest BCUT2D eigenvalue weighted by molar-refractivity contribution is 0.103. The predicted octanol–water partition coefficient (Wildman–Crippen LogP) is 2.03. The van der Waals surface area contributed by atoms with Gasteiger partial charge in [0.2, 0.25) is 10.0 Å². The van der Waals surface area contributed by atoms with E-state index < -0.39 is 16.1 Å². The standard InChI is InChI=1S/C12H18ClNO4S/c1-19(16,17)14-6-2-3-9(8-14)7-10(15)11-4-5-12(13)18-11/h4-5,9-10,15H,2-3,6-8H2,1H3. The fraction of sp³-hybridized carbons (Fsp3) is 0.667. The van der Waals surface area contributed by atoms with Gasteiger partial charge in [-0.15, -0.1) is 0 Å². The van der Waals surface area contributed by atoms with Crippen molar-refractivity contribution in [3.8, 4) is 0 Å². The number of furan rings is 1. The number of hydrogen-bond donors (Lipinski definition) is 1. The van der Waals surface area contributed by atoms with E-state index >= 15 is 0 Å². The monoisotopic (exact) mass is 307 g/mol. The SMILES string of the molecule is CS(=O)(=O)N1CCCC(CC(O)c2ccc(Cl)o2)C1. The molecule has 5 nitrogen and oxygen atoms in total. The Labute approximate surface area is 118 Å². The zero-order chi connectivity index (χ0) is 14.0. The molecule has 1 N–H and O–H groups in total. The van der Waals surface area contributed by atoms with Gasteiger partial charge >= 0.3 is 0 Å². The van der Waals surface area contributed by atoms with Crippen LogP contribution in [0.3, 0.4) is 0 Å². The second kappa shape index (κ2) is 5.83. The molecule has 0 saturated carbocycles. The lowest BCUT2D eigenvalue weighted by atomic mass is 9.93. The van der Waals surface area contributed by atoms with Crippen molar-refractivity contribution in [2.24, 2.45) is 5.92 Å². The maximum absolute atomic E-state index is 11.5. The van der Waals surface area contributed by atoms with Gasteiger partial charge in [-0.05, 0) is 48.9 Å². The van der Waals surface area contributed by atoms with Crippen molar-refractivity contribution in [1.29, 1.82) is 0 Å². The molecule has 1 aliphatic heterocycles. The van der Waals surface area contributed by atoms with Gasteiger partial charge in [-0.1, -0.05) is 0 Å². The second-order valence-electron chi connectivity index (χ2n) is 5.02. The molecule has 0 spiro atoms. The number of nitrogens with zero attached hydrogens (tertiary/aromatic N) is 1. The van der Waals surface area contributed by atoms with Crippen LogP contribution in [0.25, 0.3) is 0 Å². The maximum atomic E-state index is 11.5. The first-order valence-corrected chi connectivity index (χ1v) is 8.47. The number of aliphatic hydroxyl groups is 1. The summed E-state index contributed by atoms with van der Waals surface area (Å²) in [5, 5.41) is 10.3. The molecule has 0 aliphatic carbocycles. The molecule has 2 unspecified atom stereocenters. The van der Waals surface area contributed by atoms with Gasteiger partial charge in [0, 0.05) is 13.1 Å². The normalized spacial score (nSPS) is 23.4. The van der Waals surface area contributed by atoms with Crippen LogP contribution in [0.2, 0.25) is 5.22 Å². The van der Waals surface area contributed by atoms with Crippen LogP contribution >= 0.6 is 11.6 Å². The summed E-state index contributed by atoms with van der Waals surface area (Å²) >= 11 is 5.66. The van der Waals surface area contributed by atoms with Crippen LogP contribution in [-0.4, -0.2) is 37.2 Å². The number of halogens is 1. The fourth-order valence-corrected chi connectivity index (χ4v) is 3.55. The van der Waals surface area contributed by atoms with Crippen molar-refractivity contribution in [2.75, 3.05) is 19.3 Å². The number of rotatable bonds is 4. The van der Waals surface area contributed by atoms with Gasteiger partial charge in [-0.3, -0.25) is 0 Å². The van der Waals surface area contributed by atoms with Crippen LogP contribution < -0.4 is 0 Å². The van der Waals surface area contributed by atoms with E-state index in [2.05, 4.69) is 0 Å². The van der Waals surface area contributed by atoms with Gasteiger partial charge in [-0.2, -0.15) is 0 Å². The first-order valence-electron chi connectivity index (χ1n) is 6.24. The first-order chi connectivity index (χ1) is 8.86. The third-order valence-electron chi connectivity index (χ3n) is 3.43. The minimum Gasteiger partial charge on any atom is -0.447 e. The molecule has 1 saturated heterocycles. The highest BCUT2D eigenvalue weighted by Crippen LogP contribution is 2.30. The molecule has 0 amide bonds. The van der Waals surface area contributed by atoms with Crippen LogP contribution in [0.15, 0.2) is 16.5 Å². The zero-order valence-electron chi connectivity index (χ0n) is 10.8. The summed E-state index contributed by atoms with van der Waals surface area (Å²) in [7, 11) is -3.15. The molecule has 1 fully saturated rings. The van der Waals surface area contributed by atoms with Crippen molar-refractivity contribution in [3.63, 3.8) is 0 Å². The minimum atomic E-state index is -3.15. The van der Waals surface area contributed by atoms with Gasteiger partial charge < -0.3 is 9.52 Å². The average Bonchev–Trinajstić information content (AvgIpc) is 2.75. The predicted molar refractivity (Wildman–Crippen MR) is 72.4 cm³/mol. The lowest BCUT2D eigenvalue weighted by Crippen LogP contribution is -2.39. The molecule has 0 radical (unpaired) electrons. The zero-order valence-corrected chi connectivity index (χ0v) is 12.3. The second-order valence-corrected chi connectivity index (χ2v) is 7.38. The average molecular weight is 308 g/mol. The summed E-state index contributed by atoms with van der Waals surface area (Å²) in [5.41, 5.74) is 0. The Bertz CT molecular complexity index is 528. The Balaban J connectivity index is 1.95. The third kappa shape index (κ3) is 3.95. The van der Waals surface area contributed by atoms with E-state index in [-0.39, 0.29) is 11.1 Å². The van der Waals surface area contributed by atoms with Crippen LogP contribution in [0.5, 0.6) is 0 Å². The summed E-state index contributed by atoms with van der Waals surface area (Å²) in [6.45, 7) is 1.03. The van der Waals surface area contributed by atoms with Crippen LogP contribution in [0, 0.1) is 5.92 Å². The Morgan fingerprint density at radius 2 is 2.32 bits per heavy atom. The van der Waals surface area contributed by atoms with Crippen molar-refractivity contribution in [2.45, 2.75) is 25.4 Å². The smallest absolute Gasteiger partial charge is 0.211 e. The molecule has 19 heavy (non-hydrogen) atoms. The molecule has 2 heterocycles. The van der Waals surface area contributed by atoms with Gasteiger partial charge in [-0.25, -0.2) is 12.7 Å². The molecular formula is C12H18ClNO4S. The van der Waals surface area contributed by atoms with E-state index in [9.17, 15) is 13.5 Å². The number of hydrogen-bond acceptors (Lipinski definition) is 4. The van der Waals surface area contributed by atoms with E-state index in [1.165, 1.54) is 10.6 Å². The van der Waals surface area contributed by atoms with Gasteiger partial charge in [0.15, 0.2) is 5.22 Å². The number of sulfonamides is 1. The van der Waals surface area contributed by atoms with E-state index in [4.69, 9.17) is 16.0 Å². The molecule has 1 aromatic rings. The van der Waals surface area contributed by atoms with Gasteiger partial charge in [0.1, 0.15) is 11.9 Å². The largest absolute Gasteiger partial charge is 0.447 e. The quantitative estimate of drug-likeness (QED) is 0.924. The fourth-order valence-electron chi connectivity index (χ4n) is 2.46. The highest BCUT2D eigenvalue weighted by Gasteiger charge is 2.28. The minimum absolute atomic E-state index is 0.141. The van der Waals surface area contributed by atoms with Crippen LogP contribution in [-0.2, 0) is 10.0 Å². The molecule has 2 atom stereocenters. The lowest BCUT2D eigenvalue weighted by Gasteiger charge is -2.31. The molecular weight excluding hydrogens is 290 g/mol. The first kappa shape index (κ1) is 14.8. The molecule has 1 aliphatic rings. The third-order valence-corrected chi connectivity index (χ3v) is 4.90. The van der Waals surface area contributed by atoms with Crippen molar-refractivity contribution in [3.05, 3.63) is 23.1 Å². The molecule has 2 rings (SSSR count). The van der Waals surface area contributed by atoms with E-state index in [0.29, 0.717) is 25.3 Å².